The lowest BCUT2D eigenvalue weighted by Gasteiger charge is -2.19. The largest absolute Gasteiger partial charge is 0.452 e. The quantitative estimate of drug-likeness (QED) is 0.598. The van der Waals surface area contributed by atoms with Crippen molar-refractivity contribution in [1.82, 2.24) is 4.98 Å². The van der Waals surface area contributed by atoms with Gasteiger partial charge in [0.25, 0.3) is 5.91 Å². The second-order valence-electron chi connectivity index (χ2n) is 8.34. The van der Waals surface area contributed by atoms with Crippen LogP contribution in [0.15, 0.2) is 42.5 Å². The molecule has 1 fully saturated rings. The van der Waals surface area contributed by atoms with E-state index in [2.05, 4.69) is 10.3 Å². The number of H-pyrrole nitrogens is 1. The third-order valence-corrected chi connectivity index (χ3v) is 6.21. The average molecular weight is 431 g/mol. The van der Waals surface area contributed by atoms with Gasteiger partial charge in [0.2, 0.25) is 5.91 Å². The van der Waals surface area contributed by atoms with Crippen molar-refractivity contribution in [2.75, 3.05) is 23.4 Å². The summed E-state index contributed by atoms with van der Waals surface area (Å²) in [4.78, 5) is 42.3. The molecule has 7 nitrogen and oxygen atoms in total. The predicted molar refractivity (Wildman–Crippen MR) is 122 cm³/mol. The van der Waals surface area contributed by atoms with E-state index in [0.29, 0.717) is 29.9 Å². The third kappa shape index (κ3) is 3.86. The van der Waals surface area contributed by atoms with Gasteiger partial charge in [-0.3, -0.25) is 9.59 Å². The van der Waals surface area contributed by atoms with Crippen molar-refractivity contribution in [2.45, 2.75) is 38.5 Å². The van der Waals surface area contributed by atoms with Crippen LogP contribution < -0.4 is 10.2 Å². The van der Waals surface area contributed by atoms with E-state index in [0.717, 1.165) is 36.6 Å². The first-order valence-corrected chi connectivity index (χ1v) is 11.1. The average Bonchev–Trinajstić information content (AvgIpc) is 3.40. The van der Waals surface area contributed by atoms with Crippen LogP contribution >= 0.6 is 0 Å². The summed E-state index contributed by atoms with van der Waals surface area (Å²) in [5, 5.41) is 3.82. The van der Waals surface area contributed by atoms with Crippen LogP contribution in [0.3, 0.4) is 0 Å². The van der Waals surface area contributed by atoms with Crippen molar-refractivity contribution in [2.24, 2.45) is 0 Å². The second-order valence-corrected chi connectivity index (χ2v) is 8.34. The Kier molecular flexibility index (Phi) is 5.39. The number of benzene rings is 2. The number of esters is 1. The van der Waals surface area contributed by atoms with Crippen LogP contribution in [0.25, 0.3) is 10.9 Å². The maximum atomic E-state index is 12.6. The SMILES string of the molecule is O=C(COC(=O)c1ccc2[nH]c3c(c2c1)CCCC3)Nc1ccccc1N1CCCC1=O. The van der Waals surface area contributed by atoms with Gasteiger partial charge in [0, 0.05) is 29.6 Å². The first kappa shape index (κ1) is 20.3. The monoisotopic (exact) mass is 431 g/mol. The number of aryl methyl sites for hydroxylation is 2. The molecule has 1 aliphatic heterocycles. The lowest BCUT2D eigenvalue weighted by atomic mass is 9.95. The zero-order valence-corrected chi connectivity index (χ0v) is 17.8. The summed E-state index contributed by atoms with van der Waals surface area (Å²) >= 11 is 0. The number of fused-ring (bicyclic) bond motifs is 3. The number of carbonyl (C=O) groups excluding carboxylic acids is 3. The molecule has 7 heteroatoms. The molecule has 0 atom stereocenters. The highest BCUT2D eigenvalue weighted by molar-refractivity contribution is 6.03. The Hall–Kier alpha value is -3.61. The van der Waals surface area contributed by atoms with Crippen molar-refractivity contribution in [1.29, 1.82) is 0 Å². The van der Waals surface area contributed by atoms with Crippen LogP contribution in [0.2, 0.25) is 0 Å². The van der Waals surface area contributed by atoms with E-state index >= 15 is 0 Å². The molecular weight excluding hydrogens is 406 g/mol. The summed E-state index contributed by atoms with van der Waals surface area (Å²) < 4.78 is 5.28. The number of anilines is 2. The summed E-state index contributed by atoms with van der Waals surface area (Å²) in [6.07, 6.45) is 5.68. The van der Waals surface area contributed by atoms with Gasteiger partial charge in [-0.15, -0.1) is 0 Å². The highest BCUT2D eigenvalue weighted by Crippen LogP contribution is 2.31. The Labute approximate surface area is 185 Å². The molecule has 164 valence electrons. The molecule has 2 aromatic carbocycles. The molecule has 1 aliphatic carbocycles. The number of aromatic amines is 1. The number of aromatic nitrogens is 1. The number of para-hydroxylation sites is 2. The van der Waals surface area contributed by atoms with Crippen molar-refractivity contribution in [3.63, 3.8) is 0 Å². The standard InChI is InChI=1S/C25H25N3O4/c29-23(27-21-8-3-4-9-22(21)28-13-5-10-24(28)30)15-32-25(31)16-11-12-20-18(14-16)17-6-1-2-7-19(17)26-20/h3-4,8-9,11-12,14,26H,1-2,5-7,10,13,15H2,(H,27,29). The van der Waals surface area contributed by atoms with Gasteiger partial charge in [-0.2, -0.15) is 0 Å². The molecule has 1 saturated heterocycles. The van der Waals surface area contributed by atoms with Crippen LogP contribution in [-0.4, -0.2) is 35.9 Å². The molecule has 2 N–H and O–H groups in total. The van der Waals surface area contributed by atoms with Gasteiger partial charge < -0.3 is 19.9 Å². The molecular formula is C25H25N3O4. The summed E-state index contributed by atoms with van der Waals surface area (Å²) in [6.45, 7) is 0.233. The molecule has 0 spiro atoms. The second kappa shape index (κ2) is 8.49. The minimum atomic E-state index is -0.532. The third-order valence-electron chi connectivity index (χ3n) is 6.21. The number of hydrogen-bond acceptors (Lipinski definition) is 4. The zero-order chi connectivity index (χ0) is 22.1. The van der Waals surface area contributed by atoms with Gasteiger partial charge in [-0.05, 0) is 68.0 Å². The van der Waals surface area contributed by atoms with E-state index in [-0.39, 0.29) is 5.91 Å². The fourth-order valence-corrected chi connectivity index (χ4v) is 4.65. The van der Waals surface area contributed by atoms with E-state index in [4.69, 9.17) is 4.74 Å². The van der Waals surface area contributed by atoms with Crippen molar-refractivity contribution in [3.05, 3.63) is 59.3 Å². The van der Waals surface area contributed by atoms with Gasteiger partial charge in [-0.1, -0.05) is 12.1 Å². The van der Waals surface area contributed by atoms with Crippen LogP contribution in [0.1, 0.15) is 47.3 Å². The van der Waals surface area contributed by atoms with Crippen molar-refractivity contribution in [3.8, 4) is 0 Å². The van der Waals surface area contributed by atoms with Crippen LogP contribution in [0.5, 0.6) is 0 Å². The minimum absolute atomic E-state index is 0.0421. The van der Waals surface area contributed by atoms with Gasteiger partial charge in [0.15, 0.2) is 6.61 Å². The number of hydrogen-bond donors (Lipinski definition) is 2. The Bertz CT molecular complexity index is 1210. The van der Waals surface area contributed by atoms with E-state index in [1.54, 1.807) is 29.2 Å². The smallest absolute Gasteiger partial charge is 0.338 e. The maximum absolute atomic E-state index is 12.6. The fraction of sp³-hybridized carbons (Fsp3) is 0.320. The molecule has 3 aromatic rings. The Balaban J connectivity index is 1.25. The summed E-state index contributed by atoms with van der Waals surface area (Å²) in [7, 11) is 0. The fourth-order valence-electron chi connectivity index (χ4n) is 4.65. The first-order valence-electron chi connectivity index (χ1n) is 11.1. The van der Waals surface area contributed by atoms with Crippen molar-refractivity contribution >= 4 is 40.1 Å². The molecule has 32 heavy (non-hydrogen) atoms. The Morgan fingerprint density at radius 1 is 1.03 bits per heavy atom. The number of carbonyl (C=O) groups is 3. The van der Waals surface area contributed by atoms with Crippen LogP contribution in [0, 0.1) is 0 Å². The highest BCUT2D eigenvalue weighted by atomic mass is 16.5. The number of nitrogens with one attached hydrogen (secondary N) is 2. The van der Waals surface area contributed by atoms with Gasteiger partial charge in [0.1, 0.15) is 0 Å². The summed E-state index contributed by atoms with van der Waals surface area (Å²) in [5.41, 5.74) is 5.19. The van der Waals surface area contributed by atoms with Crippen LogP contribution in [0.4, 0.5) is 11.4 Å². The molecule has 2 heterocycles. The molecule has 0 unspecified atom stereocenters. The zero-order valence-electron chi connectivity index (χ0n) is 17.8. The van der Waals surface area contributed by atoms with E-state index in [1.165, 1.54) is 17.7 Å². The topological polar surface area (TPSA) is 91.5 Å². The number of rotatable bonds is 5. The maximum Gasteiger partial charge on any atom is 0.338 e. The number of nitrogens with zero attached hydrogens (tertiary/aromatic N) is 1. The summed E-state index contributed by atoms with van der Waals surface area (Å²) in [6, 6.07) is 12.6. The molecule has 0 radical (unpaired) electrons. The van der Waals surface area contributed by atoms with E-state index < -0.39 is 18.5 Å². The number of amides is 2. The molecule has 0 bridgehead atoms. The molecule has 2 amide bonds. The molecule has 2 aliphatic rings. The normalized spacial score (nSPS) is 15.6. The minimum Gasteiger partial charge on any atom is -0.452 e. The Morgan fingerprint density at radius 2 is 1.88 bits per heavy atom. The number of ether oxygens (including phenoxy) is 1. The van der Waals surface area contributed by atoms with Crippen LogP contribution in [-0.2, 0) is 27.2 Å². The van der Waals surface area contributed by atoms with E-state index in [1.807, 2.05) is 18.2 Å². The lowest BCUT2D eigenvalue weighted by Crippen LogP contribution is -2.27. The first-order chi connectivity index (χ1) is 15.6. The van der Waals surface area contributed by atoms with E-state index in [9.17, 15) is 14.4 Å². The molecule has 0 saturated carbocycles. The highest BCUT2D eigenvalue weighted by Gasteiger charge is 2.24. The Morgan fingerprint density at radius 3 is 2.72 bits per heavy atom. The molecule has 5 rings (SSSR count). The lowest BCUT2D eigenvalue weighted by molar-refractivity contribution is -0.119. The van der Waals surface area contributed by atoms with Gasteiger partial charge >= 0.3 is 5.97 Å². The van der Waals surface area contributed by atoms with Gasteiger partial charge in [0.05, 0.1) is 16.9 Å². The van der Waals surface area contributed by atoms with Gasteiger partial charge in [-0.25, -0.2) is 4.79 Å². The molecule has 1 aromatic heterocycles. The predicted octanol–water partition coefficient (Wildman–Crippen LogP) is 3.97. The summed E-state index contributed by atoms with van der Waals surface area (Å²) in [5.74, 6) is -0.936. The van der Waals surface area contributed by atoms with Crippen molar-refractivity contribution < 1.29 is 19.1 Å².